The molecule has 208 valence electrons. The van der Waals surface area contributed by atoms with Crippen LogP contribution >= 0.6 is 24.0 Å². The lowest BCUT2D eigenvalue weighted by Gasteiger charge is -2.37. The Bertz CT molecular complexity index is 1550. The molecule has 3 aromatic rings. The molecule has 2 fully saturated rings. The van der Waals surface area contributed by atoms with Crippen LogP contribution < -0.4 is 15.4 Å². The number of aliphatic carboxylic acids is 1. The van der Waals surface area contributed by atoms with Gasteiger partial charge >= 0.3 is 5.97 Å². The maximum atomic E-state index is 14.4. The predicted octanol–water partition coefficient (Wildman–Crippen LogP) is 4.01. The highest BCUT2D eigenvalue weighted by Crippen LogP contribution is 2.34. The molecule has 2 aliphatic rings. The Balaban J connectivity index is 1.40. The summed E-state index contributed by atoms with van der Waals surface area (Å²) in [5.74, 6) is -0.916. The van der Waals surface area contributed by atoms with Gasteiger partial charge in [-0.25, -0.2) is 9.37 Å². The number of carboxylic acid groups (broad SMARTS) is 1. The van der Waals surface area contributed by atoms with Crippen LogP contribution in [0.1, 0.15) is 31.2 Å². The minimum absolute atomic E-state index is 0.0918. The van der Waals surface area contributed by atoms with E-state index in [1.165, 1.54) is 15.4 Å². The van der Waals surface area contributed by atoms with Crippen molar-refractivity contribution in [3.8, 4) is 0 Å². The van der Waals surface area contributed by atoms with Crippen LogP contribution in [0.25, 0.3) is 11.7 Å². The molecule has 1 aromatic carbocycles. The molecule has 2 saturated heterocycles. The molecular weight excluding hydrogens is 553 g/mol. The van der Waals surface area contributed by atoms with E-state index in [2.05, 4.69) is 0 Å². The van der Waals surface area contributed by atoms with Gasteiger partial charge in [-0.05, 0) is 43.2 Å². The summed E-state index contributed by atoms with van der Waals surface area (Å²) in [4.78, 5) is 48.3. The Kier molecular flexibility index (Phi) is 8.46. The average Bonchev–Trinajstić information content (AvgIpc) is 3.22. The number of rotatable bonds is 9. The number of benzene rings is 1. The van der Waals surface area contributed by atoms with Crippen LogP contribution in [-0.2, 0) is 9.59 Å². The lowest BCUT2D eigenvalue weighted by molar-refractivity contribution is -0.137. The van der Waals surface area contributed by atoms with E-state index in [4.69, 9.17) is 22.3 Å². The molecule has 9 nitrogen and oxygen atoms in total. The van der Waals surface area contributed by atoms with Crippen molar-refractivity contribution in [2.75, 3.05) is 42.5 Å². The van der Waals surface area contributed by atoms with Crippen molar-refractivity contribution >= 4 is 63.4 Å². The molecule has 12 heteroatoms. The highest BCUT2D eigenvalue weighted by Gasteiger charge is 2.33. The number of para-hydroxylation sites is 1. The molecule has 0 aliphatic carbocycles. The molecule has 0 radical (unpaired) electrons. The summed E-state index contributed by atoms with van der Waals surface area (Å²) in [6.45, 7) is 2.51. The number of piperazine rings is 1. The Morgan fingerprint density at radius 3 is 2.50 bits per heavy atom. The Morgan fingerprint density at radius 2 is 1.75 bits per heavy atom. The van der Waals surface area contributed by atoms with Gasteiger partial charge in [-0.3, -0.25) is 23.7 Å². The molecule has 2 aromatic heterocycles. The van der Waals surface area contributed by atoms with E-state index in [0.29, 0.717) is 83.9 Å². The SMILES string of the molecule is O=C(O)CCCCCN1C(=O)/C(=C\c2c(N3CCN(c4ccccc4F)CC3)nc3ccccn3c2=O)SC1=S. The van der Waals surface area contributed by atoms with Crippen molar-refractivity contribution in [1.29, 1.82) is 0 Å². The third-order valence-electron chi connectivity index (χ3n) is 6.94. The second-order valence-electron chi connectivity index (χ2n) is 9.55. The summed E-state index contributed by atoms with van der Waals surface area (Å²) in [6.07, 6.45) is 5.15. The first-order valence-electron chi connectivity index (χ1n) is 13.1. The van der Waals surface area contributed by atoms with Crippen LogP contribution in [0.15, 0.2) is 58.4 Å². The summed E-state index contributed by atoms with van der Waals surface area (Å²) in [5, 5.41) is 8.82. The van der Waals surface area contributed by atoms with Gasteiger partial charge in [0.15, 0.2) is 0 Å². The van der Waals surface area contributed by atoms with Crippen LogP contribution in [0.4, 0.5) is 15.9 Å². The third-order valence-corrected chi connectivity index (χ3v) is 8.32. The number of pyridine rings is 1. The maximum Gasteiger partial charge on any atom is 0.303 e. The van der Waals surface area contributed by atoms with E-state index in [-0.39, 0.29) is 23.7 Å². The van der Waals surface area contributed by atoms with Crippen molar-refractivity contribution < 1.29 is 19.1 Å². The number of carbonyl (C=O) groups excluding carboxylic acids is 1. The summed E-state index contributed by atoms with van der Waals surface area (Å²) in [5.41, 5.74) is 1.03. The number of aromatic nitrogens is 2. The normalized spacial score (nSPS) is 16.9. The fourth-order valence-electron chi connectivity index (χ4n) is 4.87. The number of hydrogen-bond donors (Lipinski definition) is 1. The number of amides is 1. The molecule has 40 heavy (non-hydrogen) atoms. The number of anilines is 2. The lowest BCUT2D eigenvalue weighted by Crippen LogP contribution is -2.47. The van der Waals surface area contributed by atoms with E-state index >= 15 is 0 Å². The first kappa shape index (κ1) is 27.8. The number of fused-ring (bicyclic) bond motifs is 1. The number of hydrogen-bond acceptors (Lipinski definition) is 8. The monoisotopic (exact) mass is 581 g/mol. The van der Waals surface area contributed by atoms with Crippen LogP contribution in [0.5, 0.6) is 0 Å². The second-order valence-corrected chi connectivity index (χ2v) is 11.2. The summed E-state index contributed by atoms with van der Waals surface area (Å²) < 4.78 is 16.2. The summed E-state index contributed by atoms with van der Waals surface area (Å²) >= 11 is 6.60. The van der Waals surface area contributed by atoms with E-state index in [0.717, 1.165) is 11.8 Å². The average molecular weight is 582 g/mol. The Hall–Kier alpha value is -3.77. The van der Waals surface area contributed by atoms with Gasteiger partial charge in [0.25, 0.3) is 11.5 Å². The van der Waals surface area contributed by atoms with Crippen LogP contribution in [-0.4, -0.2) is 68.3 Å². The van der Waals surface area contributed by atoms with Crippen molar-refractivity contribution in [3.05, 3.63) is 75.3 Å². The fourth-order valence-corrected chi connectivity index (χ4v) is 6.16. The van der Waals surface area contributed by atoms with Crippen LogP contribution in [0.3, 0.4) is 0 Å². The Morgan fingerprint density at radius 1 is 1.02 bits per heavy atom. The predicted molar refractivity (Wildman–Crippen MR) is 158 cm³/mol. The van der Waals surface area contributed by atoms with E-state index in [1.807, 2.05) is 15.9 Å². The number of carboxylic acids is 1. The zero-order chi connectivity index (χ0) is 28.2. The molecule has 2 aliphatic heterocycles. The van der Waals surface area contributed by atoms with Gasteiger partial charge in [0, 0.05) is 45.3 Å². The van der Waals surface area contributed by atoms with E-state index < -0.39 is 5.97 Å². The third kappa shape index (κ3) is 5.87. The number of carbonyl (C=O) groups is 2. The first-order chi connectivity index (χ1) is 19.3. The molecule has 1 N–H and O–H groups in total. The van der Waals surface area contributed by atoms with Gasteiger partial charge in [0.2, 0.25) is 0 Å². The summed E-state index contributed by atoms with van der Waals surface area (Å²) in [7, 11) is 0. The number of nitrogens with zero attached hydrogens (tertiary/aromatic N) is 5. The largest absolute Gasteiger partial charge is 0.481 e. The molecular formula is C28H28FN5O4S2. The molecule has 0 bridgehead atoms. The van der Waals surface area contributed by atoms with E-state index in [9.17, 15) is 18.8 Å². The topological polar surface area (TPSA) is 98.5 Å². The van der Waals surface area contributed by atoms with Gasteiger partial charge in [0.05, 0.1) is 16.2 Å². The van der Waals surface area contributed by atoms with Crippen LogP contribution in [0, 0.1) is 5.82 Å². The van der Waals surface area contributed by atoms with Crippen molar-refractivity contribution in [2.45, 2.75) is 25.7 Å². The van der Waals surface area contributed by atoms with Gasteiger partial charge < -0.3 is 14.9 Å². The molecule has 5 rings (SSSR count). The van der Waals surface area contributed by atoms with Crippen molar-refractivity contribution in [2.24, 2.45) is 0 Å². The Labute approximate surface area is 239 Å². The number of halogens is 1. The summed E-state index contributed by atoms with van der Waals surface area (Å²) in [6, 6.07) is 12.0. The smallest absolute Gasteiger partial charge is 0.303 e. The van der Waals surface area contributed by atoms with Crippen LogP contribution in [0.2, 0.25) is 0 Å². The van der Waals surface area contributed by atoms with Gasteiger partial charge in [-0.1, -0.05) is 48.6 Å². The quantitative estimate of drug-likeness (QED) is 0.228. The van der Waals surface area contributed by atoms with Gasteiger partial charge in [-0.2, -0.15) is 0 Å². The van der Waals surface area contributed by atoms with Gasteiger partial charge in [0.1, 0.15) is 21.6 Å². The second kappa shape index (κ2) is 12.2. The number of unbranched alkanes of at least 4 members (excludes halogenated alkanes) is 2. The molecule has 0 spiro atoms. The van der Waals surface area contributed by atoms with E-state index in [1.54, 1.807) is 42.6 Å². The zero-order valence-electron chi connectivity index (χ0n) is 21.7. The molecule has 0 saturated carbocycles. The van der Waals surface area contributed by atoms with Crippen molar-refractivity contribution in [3.63, 3.8) is 0 Å². The minimum atomic E-state index is -0.840. The zero-order valence-corrected chi connectivity index (χ0v) is 23.3. The first-order valence-corrected chi connectivity index (χ1v) is 14.3. The highest BCUT2D eigenvalue weighted by atomic mass is 32.2. The number of thiocarbonyl (C=S) groups is 1. The van der Waals surface area contributed by atoms with Gasteiger partial charge in [-0.15, -0.1) is 0 Å². The lowest BCUT2D eigenvalue weighted by atomic mass is 10.2. The number of thioether (sulfide) groups is 1. The highest BCUT2D eigenvalue weighted by molar-refractivity contribution is 8.26. The fraction of sp³-hybridized carbons (Fsp3) is 0.321. The molecule has 1 amide bonds. The maximum absolute atomic E-state index is 14.4. The molecule has 0 atom stereocenters. The molecule has 4 heterocycles. The minimum Gasteiger partial charge on any atom is -0.481 e. The molecule has 0 unspecified atom stereocenters. The standard InChI is InChI=1S/C28H28FN5O4S2/c29-20-8-3-4-9-21(20)31-14-16-32(17-15-31)25-19(26(37)33-12-7-5-10-23(33)30-25)18-22-27(38)34(28(39)40-22)13-6-1-2-11-24(35)36/h3-5,7-10,12,18H,1-2,6,11,13-17H2,(H,35,36)/b22-18+. The van der Waals surface area contributed by atoms with Crippen molar-refractivity contribution in [1.82, 2.24) is 14.3 Å².